The maximum Gasteiger partial charge on any atom is 0.305 e. The Morgan fingerprint density at radius 2 is 2.10 bits per heavy atom. The van der Waals surface area contributed by atoms with E-state index >= 15 is 0 Å². The third-order valence-corrected chi connectivity index (χ3v) is 4.10. The van der Waals surface area contributed by atoms with Crippen molar-refractivity contribution in [3.63, 3.8) is 0 Å². The molecule has 0 aliphatic rings. The smallest absolute Gasteiger partial charge is 0.303 e. The van der Waals surface area contributed by atoms with Crippen LogP contribution in [-0.4, -0.2) is 14.3 Å². The minimum Gasteiger partial charge on any atom is -0.303 e. The number of hydrogen-bond donors (Lipinski definition) is 0. The van der Waals surface area contributed by atoms with Crippen molar-refractivity contribution < 1.29 is 9.31 Å². The predicted octanol–water partition coefficient (Wildman–Crippen LogP) is 4.12. The van der Waals surface area contributed by atoms with Crippen LogP contribution in [0.25, 0.3) is 16.9 Å². The van der Waals surface area contributed by atoms with E-state index in [1.165, 1.54) is 12.1 Å². The highest BCUT2D eigenvalue weighted by molar-refractivity contribution is 9.10. The molecule has 3 rings (SSSR count). The number of halogens is 2. The Kier molecular flexibility index (Phi) is 3.21. The highest BCUT2D eigenvalue weighted by Gasteiger charge is 2.16. The first kappa shape index (κ1) is 13.7. The van der Waals surface area contributed by atoms with Gasteiger partial charge >= 0.3 is 5.69 Å². The van der Waals surface area contributed by atoms with E-state index in [0.717, 1.165) is 21.9 Å². The molecule has 2 heterocycles. The van der Waals surface area contributed by atoms with Gasteiger partial charge in [-0.15, -0.1) is 0 Å². The summed E-state index contributed by atoms with van der Waals surface area (Å²) in [6, 6.07) is 7.48. The maximum atomic E-state index is 13.4. The number of benzene rings is 1. The monoisotopic (exact) mass is 349 g/mol. The fourth-order valence-corrected chi connectivity index (χ4v) is 2.44. The zero-order valence-corrected chi connectivity index (χ0v) is 12.5. The molecule has 0 radical (unpaired) electrons. The fraction of sp³-hybridized carbons (Fsp3) is 0.0714. The van der Waals surface area contributed by atoms with Gasteiger partial charge in [-0.1, -0.05) is 0 Å². The topological polar surface area (TPSA) is 60.4 Å². The van der Waals surface area contributed by atoms with Crippen LogP contribution in [-0.2, 0) is 0 Å². The average Bonchev–Trinajstić information content (AvgIpc) is 2.88. The molecule has 0 atom stereocenters. The Morgan fingerprint density at radius 1 is 1.33 bits per heavy atom. The Bertz CT molecular complexity index is 876. The van der Waals surface area contributed by atoms with Crippen LogP contribution in [0.2, 0.25) is 0 Å². The highest BCUT2D eigenvalue weighted by atomic mass is 79.9. The number of aromatic nitrogens is 2. The highest BCUT2D eigenvalue weighted by Crippen LogP contribution is 2.27. The van der Waals surface area contributed by atoms with E-state index in [0.29, 0.717) is 11.3 Å². The van der Waals surface area contributed by atoms with Gasteiger partial charge in [0.25, 0.3) is 0 Å². The van der Waals surface area contributed by atoms with Gasteiger partial charge in [-0.3, -0.25) is 10.1 Å². The number of aryl methyl sites for hydroxylation is 1. The molecule has 0 saturated carbocycles. The van der Waals surface area contributed by atoms with E-state index in [1.807, 2.05) is 23.5 Å². The van der Waals surface area contributed by atoms with Crippen molar-refractivity contribution in [2.75, 3.05) is 0 Å². The van der Waals surface area contributed by atoms with Gasteiger partial charge in [0.1, 0.15) is 5.65 Å². The molecule has 5 nitrogen and oxygen atoms in total. The van der Waals surface area contributed by atoms with Crippen molar-refractivity contribution in [3.05, 3.63) is 62.6 Å². The van der Waals surface area contributed by atoms with Gasteiger partial charge in [0.05, 0.1) is 10.6 Å². The molecule has 0 saturated heterocycles. The summed E-state index contributed by atoms with van der Waals surface area (Å²) in [5.74, 6) is -0.855. The Morgan fingerprint density at radius 3 is 2.81 bits per heavy atom. The normalized spacial score (nSPS) is 11.0. The Balaban J connectivity index is 2.19. The molecule has 0 amide bonds. The van der Waals surface area contributed by atoms with Gasteiger partial charge in [0.2, 0.25) is 5.82 Å². The standard InChI is InChI=1S/C14H9BrFN3O2/c1-8-10(15)3-5-14-17-12(7-18(8)14)9-2-4-11(16)13(6-9)19(20)21/h2-7H,1H3. The lowest BCUT2D eigenvalue weighted by Crippen LogP contribution is -1.92. The van der Waals surface area contributed by atoms with Crippen LogP contribution in [0.3, 0.4) is 0 Å². The van der Waals surface area contributed by atoms with Gasteiger partial charge < -0.3 is 4.40 Å². The van der Waals surface area contributed by atoms with Crippen molar-refractivity contribution in [1.82, 2.24) is 9.38 Å². The summed E-state index contributed by atoms with van der Waals surface area (Å²) in [6.45, 7) is 1.93. The van der Waals surface area contributed by atoms with Crippen molar-refractivity contribution in [2.24, 2.45) is 0 Å². The molecule has 0 aliphatic carbocycles. The second kappa shape index (κ2) is 4.92. The second-order valence-corrected chi connectivity index (χ2v) is 5.40. The molecule has 7 heteroatoms. The molecule has 106 valence electrons. The van der Waals surface area contributed by atoms with Gasteiger partial charge in [0.15, 0.2) is 0 Å². The van der Waals surface area contributed by atoms with Crippen LogP contribution >= 0.6 is 15.9 Å². The molecule has 0 spiro atoms. The first-order valence-electron chi connectivity index (χ1n) is 6.06. The summed E-state index contributed by atoms with van der Waals surface area (Å²) in [6.07, 6.45) is 1.77. The third-order valence-electron chi connectivity index (χ3n) is 3.26. The number of rotatable bonds is 2. The van der Waals surface area contributed by atoms with Gasteiger partial charge in [-0.2, -0.15) is 4.39 Å². The van der Waals surface area contributed by atoms with E-state index in [1.54, 1.807) is 6.20 Å². The van der Waals surface area contributed by atoms with Gasteiger partial charge in [0, 0.05) is 28.0 Å². The predicted molar refractivity (Wildman–Crippen MR) is 79.7 cm³/mol. The quantitative estimate of drug-likeness (QED) is 0.516. The lowest BCUT2D eigenvalue weighted by molar-refractivity contribution is -0.387. The number of imidazole rings is 1. The summed E-state index contributed by atoms with van der Waals surface area (Å²) in [7, 11) is 0. The number of fused-ring (bicyclic) bond motifs is 1. The fourth-order valence-electron chi connectivity index (χ4n) is 2.12. The molecular weight excluding hydrogens is 341 g/mol. The number of nitrogens with zero attached hydrogens (tertiary/aromatic N) is 3. The van der Waals surface area contributed by atoms with Crippen molar-refractivity contribution in [3.8, 4) is 11.3 Å². The minimum atomic E-state index is -0.855. The number of hydrogen-bond acceptors (Lipinski definition) is 3. The zero-order valence-electron chi connectivity index (χ0n) is 10.9. The van der Waals surface area contributed by atoms with Crippen molar-refractivity contribution >= 4 is 27.3 Å². The SMILES string of the molecule is Cc1c(Br)ccc2nc(-c3ccc(F)c([N+](=O)[O-])c3)cn12. The Hall–Kier alpha value is -2.28. The van der Waals surface area contributed by atoms with E-state index in [4.69, 9.17) is 0 Å². The Labute approximate surface area is 127 Å². The molecule has 1 aromatic carbocycles. The molecule has 0 unspecified atom stereocenters. The van der Waals surface area contributed by atoms with E-state index in [-0.39, 0.29) is 0 Å². The zero-order chi connectivity index (χ0) is 15.1. The van der Waals surface area contributed by atoms with E-state index in [9.17, 15) is 14.5 Å². The lowest BCUT2D eigenvalue weighted by atomic mass is 10.1. The maximum absolute atomic E-state index is 13.4. The van der Waals surface area contributed by atoms with E-state index < -0.39 is 16.4 Å². The number of nitro benzene ring substituents is 1. The molecule has 3 aromatic rings. The third kappa shape index (κ3) is 2.29. The summed E-state index contributed by atoms with van der Waals surface area (Å²) in [5.41, 5.74) is 2.18. The van der Waals surface area contributed by atoms with E-state index in [2.05, 4.69) is 20.9 Å². The summed E-state index contributed by atoms with van der Waals surface area (Å²) in [5, 5.41) is 10.8. The van der Waals surface area contributed by atoms with Crippen LogP contribution in [0, 0.1) is 22.9 Å². The number of pyridine rings is 1. The molecule has 0 N–H and O–H groups in total. The van der Waals surface area contributed by atoms with Crippen molar-refractivity contribution in [1.29, 1.82) is 0 Å². The summed E-state index contributed by atoms with van der Waals surface area (Å²) >= 11 is 3.43. The first-order chi connectivity index (χ1) is 9.97. The molecular formula is C14H9BrFN3O2. The molecule has 0 bridgehead atoms. The van der Waals surface area contributed by atoms with Gasteiger partial charge in [-0.05, 0) is 47.1 Å². The lowest BCUT2D eigenvalue weighted by Gasteiger charge is -2.00. The molecule has 21 heavy (non-hydrogen) atoms. The van der Waals surface area contributed by atoms with Crippen LogP contribution in [0.15, 0.2) is 41.0 Å². The molecule has 2 aromatic heterocycles. The molecule has 0 aliphatic heterocycles. The minimum absolute atomic E-state index is 0.502. The van der Waals surface area contributed by atoms with Crippen LogP contribution < -0.4 is 0 Å². The van der Waals surface area contributed by atoms with Crippen LogP contribution in [0.5, 0.6) is 0 Å². The average molecular weight is 350 g/mol. The molecule has 0 fully saturated rings. The van der Waals surface area contributed by atoms with Crippen LogP contribution in [0.1, 0.15) is 5.69 Å². The second-order valence-electron chi connectivity index (χ2n) is 4.54. The first-order valence-corrected chi connectivity index (χ1v) is 6.85. The van der Waals surface area contributed by atoms with Crippen molar-refractivity contribution in [2.45, 2.75) is 6.92 Å². The summed E-state index contributed by atoms with van der Waals surface area (Å²) in [4.78, 5) is 14.5. The number of nitro groups is 1. The summed E-state index contributed by atoms with van der Waals surface area (Å²) < 4.78 is 16.2. The van der Waals surface area contributed by atoms with Gasteiger partial charge in [-0.25, -0.2) is 4.98 Å². The van der Waals surface area contributed by atoms with Crippen LogP contribution in [0.4, 0.5) is 10.1 Å². The largest absolute Gasteiger partial charge is 0.305 e.